The van der Waals surface area contributed by atoms with E-state index in [4.69, 9.17) is 11.6 Å². The largest absolute Gasteiger partial charge is 0.243 e. The molecule has 1 aliphatic rings. The van der Waals surface area contributed by atoms with Gasteiger partial charge in [0.15, 0.2) is 0 Å². The lowest BCUT2D eigenvalue weighted by atomic mass is 9.89. The summed E-state index contributed by atoms with van der Waals surface area (Å²) < 4.78 is 26.5. The summed E-state index contributed by atoms with van der Waals surface area (Å²) >= 11 is 7.21. The number of hydrogen-bond donors (Lipinski definition) is 0. The van der Waals surface area contributed by atoms with Gasteiger partial charge in [-0.15, -0.1) is 22.9 Å². The minimum atomic E-state index is -3.38. The van der Waals surface area contributed by atoms with Crippen molar-refractivity contribution in [2.24, 2.45) is 5.92 Å². The van der Waals surface area contributed by atoms with Gasteiger partial charge in [-0.2, -0.15) is 0 Å². The number of thiophene rings is 1. The van der Waals surface area contributed by atoms with Crippen molar-refractivity contribution in [2.45, 2.75) is 42.9 Å². The molecule has 0 spiro atoms. The van der Waals surface area contributed by atoms with E-state index in [9.17, 15) is 8.42 Å². The summed E-state index contributed by atoms with van der Waals surface area (Å²) in [6.45, 7) is 0.625. The molecule has 0 radical (unpaired) electrons. The Kier molecular flexibility index (Phi) is 5.29. The van der Waals surface area contributed by atoms with Crippen molar-refractivity contribution in [1.82, 2.24) is 4.31 Å². The van der Waals surface area contributed by atoms with E-state index in [2.05, 4.69) is 0 Å². The topological polar surface area (TPSA) is 37.4 Å². The van der Waals surface area contributed by atoms with E-state index in [1.807, 2.05) is 0 Å². The molecule has 1 heterocycles. The summed E-state index contributed by atoms with van der Waals surface area (Å²) in [6, 6.07) is 1.66. The molecule has 0 aromatic carbocycles. The zero-order valence-corrected chi connectivity index (χ0v) is 13.5. The summed E-state index contributed by atoms with van der Waals surface area (Å²) in [5.74, 6) is 0.760. The van der Waals surface area contributed by atoms with Crippen LogP contribution in [0.25, 0.3) is 0 Å². The predicted molar refractivity (Wildman–Crippen MR) is 80.3 cm³/mol. The molecule has 0 atom stereocenters. The summed E-state index contributed by atoms with van der Waals surface area (Å²) in [5.41, 5.74) is 0. The van der Waals surface area contributed by atoms with Crippen molar-refractivity contribution in [3.63, 3.8) is 0 Å². The van der Waals surface area contributed by atoms with Crippen molar-refractivity contribution in [3.05, 3.63) is 16.3 Å². The van der Waals surface area contributed by atoms with Gasteiger partial charge in [0.1, 0.15) is 0 Å². The fourth-order valence-electron chi connectivity index (χ4n) is 2.66. The zero-order valence-electron chi connectivity index (χ0n) is 11.1. The number of alkyl halides is 1. The van der Waals surface area contributed by atoms with Crippen LogP contribution in [-0.2, 0) is 15.9 Å². The van der Waals surface area contributed by atoms with Gasteiger partial charge in [0.2, 0.25) is 10.0 Å². The Balaban J connectivity index is 2.10. The van der Waals surface area contributed by atoms with Gasteiger partial charge in [0, 0.05) is 18.5 Å². The van der Waals surface area contributed by atoms with Gasteiger partial charge >= 0.3 is 0 Å². The van der Waals surface area contributed by atoms with Crippen LogP contribution in [0.3, 0.4) is 0 Å². The summed E-state index contributed by atoms with van der Waals surface area (Å²) in [5, 5.41) is 1.79. The van der Waals surface area contributed by atoms with Crippen molar-refractivity contribution in [3.8, 4) is 0 Å². The molecule has 0 bridgehead atoms. The molecule has 6 heteroatoms. The van der Waals surface area contributed by atoms with Gasteiger partial charge < -0.3 is 0 Å². The van der Waals surface area contributed by atoms with Crippen LogP contribution in [0.5, 0.6) is 0 Å². The lowest BCUT2D eigenvalue weighted by molar-refractivity contribution is 0.300. The monoisotopic (exact) mass is 321 g/mol. The zero-order chi connectivity index (χ0) is 13.9. The maximum atomic E-state index is 12.5. The molecule has 19 heavy (non-hydrogen) atoms. The Morgan fingerprint density at radius 3 is 2.68 bits per heavy atom. The Labute approximate surface area is 124 Å². The Morgan fingerprint density at radius 2 is 2.05 bits per heavy atom. The first-order chi connectivity index (χ1) is 9.05. The Bertz CT molecular complexity index is 506. The third-order valence-corrected chi connectivity index (χ3v) is 7.14. The van der Waals surface area contributed by atoms with E-state index in [-0.39, 0.29) is 5.88 Å². The van der Waals surface area contributed by atoms with E-state index < -0.39 is 10.0 Å². The second-order valence-corrected chi connectivity index (χ2v) is 8.41. The van der Waals surface area contributed by atoms with Crippen molar-refractivity contribution < 1.29 is 8.42 Å². The van der Waals surface area contributed by atoms with Crippen LogP contribution in [-0.4, -0.2) is 26.3 Å². The highest BCUT2D eigenvalue weighted by atomic mass is 35.5. The lowest BCUT2D eigenvalue weighted by Crippen LogP contribution is -2.32. The van der Waals surface area contributed by atoms with Crippen molar-refractivity contribution in [2.75, 3.05) is 13.6 Å². The highest BCUT2D eigenvalue weighted by Crippen LogP contribution is 2.29. The molecule has 0 unspecified atom stereocenters. The van der Waals surface area contributed by atoms with Gasteiger partial charge in [0.05, 0.1) is 10.8 Å². The standard InChI is InChI=1S/C13H20ClNO2S2/c1-15(10-11-5-3-2-4-6-11)19(16,17)13-7-8-18-12(13)9-14/h7-8,11H,2-6,9-10H2,1H3. The van der Waals surface area contributed by atoms with Crippen molar-refractivity contribution >= 4 is 33.0 Å². The molecule has 1 aromatic heterocycles. The SMILES string of the molecule is CN(CC1CCCCC1)S(=O)(=O)c1ccsc1CCl. The Hall–Kier alpha value is -0.100. The van der Waals surface area contributed by atoms with Crippen LogP contribution in [0.1, 0.15) is 37.0 Å². The molecule has 1 fully saturated rings. The molecule has 2 rings (SSSR count). The quantitative estimate of drug-likeness (QED) is 0.776. The Morgan fingerprint density at radius 1 is 1.37 bits per heavy atom. The molecule has 3 nitrogen and oxygen atoms in total. The van der Waals surface area contributed by atoms with Gasteiger partial charge in [-0.1, -0.05) is 19.3 Å². The molecule has 0 N–H and O–H groups in total. The van der Waals surface area contributed by atoms with Crippen LogP contribution in [0.2, 0.25) is 0 Å². The first kappa shape index (κ1) is 15.3. The first-order valence-electron chi connectivity index (χ1n) is 6.64. The van der Waals surface area contributed by atoms with E-state index in [0.29, 0.717) is 17.4 Å². The molecule has 1 aromatic rings. The molecular formula is C13H20ClNO2S2. The predicted octanol–water partition coefficient (Wildman–Crippen LogP) is 3.69. The number of sulfonamides is 1. The van der Waals surface area contributed by atoms with Crippen LogP contribution >= 0.6 is 22.9 Å². The highest BCUT2D eigenvalue weighted by Gasteiger charge is 2.27. The highest BCUT2D eigenvalue weighted by molar-refractivity contribution is 7.89. The van der Waals surface area contributed by atoms with Gasteiger partial charge in [-0.05, 0) is 30.2 Å². The van der Waals surface area contributed by atoms with Crippen LogP contribution in [0.4, 0.5) is 0 Å². The van der Waals surface area contributed by atoms with Gasteiger partial charge in [0.25, 0.3) is 0 Å². The number of rotatable bonds is 5. The van der Waals surface area contributed by atoms with Gasteiger partial charge in [-0.25, -0.2) is 12.7 Å². The normalized spacial score (nSPS) is 18.1. The maximum Gasteiger partial charge on any atom is 0.243 e. The summed E-state index contributed by atoms with van der Waals surface area (Å²) in [6.07, 6.45) is 6.03. The number of hydrogen-bond acceptors (Lipinski definition) is 3. The average Bonchev–Trinajstić information content (AvgIpc) is 2.88. The fourth-order valence-corrected chi connectivity index (χ4v) is 5.57. The molecule has 1 aliphatic carbocycles. The van der Waals surface area contributed by atoms with E-state index >= 15 is 0 Å². The number of nitrogens with zero attached hydrogens (tertiary/aromatic N) is 1. The molecule has 108 valence electrons. The second kappa shape index (κ2) is 6.57. The minimum Gasteiger partial charge on any atom is -0.207 e. The maximum absolute atomic E-state index is 12.5. The van der Waals surface area contributed by atoms with E-state index in [1.54, 1.807) is 18.5 Å². The van der Waals surface area contributed by atoms with Crippen molar-refractivity contribution in [1.29, 1.82) is 0 Å². The molecule has 0 aliphatic heterocycles. The van der Waals surface area contributed by atoms with Crippen LogP contribution < -0.4 is 0 Å². The minimum absolute atomic E-state index is 0.253. The second-order valence-electron chi connectivity index (χ2n) is 5.13. The van der Waals surface area contributed by atoms with Crippen LogP contribution in [0, 0.1) is 5.92 Å². The lowest BCUT2D eigenvalue weighted by Gasteiger charge is -2.26. The average molecular weight is 322 g/mol. The third-order valence-electron chi connectivity index (χ3n) is 3.75. The molecular weight excluding hydrogens is 302 g/mol. The van der Waals surface area contributed by atoms with E-state index in [1.165, 1.54) is 34.9 Å². The number of halogens is 1. The third kappa shape index (κ3) is 3.51. The molecule has 0 saturated heterocycles. The molecule has 1 saturated carbocycles. The molecule has 0 amide bonds. The fraction of sp³-hybridized carbons (Fsp3) is 0.692. The summed E-state index contributed by atoms with van der Waals surface area (Å²) in [7, 11) is -1.70. The van der Waals surface area contributed by atoms with Crippen LogP contribution in [0.15, 0.2) is 16.3 Å². The summed E-state index contributed by atoms with van der Waals surface area (Å²) in [4.78, 5) is 1.11. The van der Waals surface area contributed by atoms with Gasteiger partial charge in [-0.3, -0.25) is 0 Å². The first-order valence-corrected chi connectivity index (χ1v) is 9.50. The van der Waals surface area contributed by atoms with E-state index in [0.717, 1.165) is 17.7 Å². The smallest absolute Gasteiger partial charge is 0.207 e.